The van der Waals surface area contributed by atoms with Gasteiger partial charge in [0.2, 0.25) is 0 Å². The topological polar surface area (TPSA) is 0 Å². The summed E-state index contributed by atoms with van der Waals surface area (Å²) in [4.78, 5) is 1.73. The van der Waals surface area contributed by atoms with E-state index in [0.717, 1.165) is 11.4 Å². The fraction of sp³-hybridized carbons (Fsp3) is 0.231. The number of aryl methyl sites for hydroxylation is 1. The van der Waals surface area contributed by atoms with Gasteiger partial charge in [0, 0.05) is 14.7 Å². The van der Waals surface area contributed by atoms with E-state index in [0.29, 0.717) is 4.83 Å². The van der Waals surface area contributed by atoms with Crippen LogP contribution in [0.25, 0.3) is 0 Å². The first-order valence-corrected chi connectivity index (χ1v) is 7.26. The first-order chi connectivity index (χ1) is 7.65. The van der Waals surface area contributed by atoms with E-state index in [1.165, 1.54) is 16.0 Å². The van der Waals surface area contributed by atoms with Crippen LogP contribution in [0.4, 0.5) is 0 Å². The van der Waals surface area contributed by atoms with E-state index < -0.39 is 0 Å². The van der Waals surface area contributed by atoms with Crippen LogP contribution in [0.1, 0.15) is 20.8 Å². The van der Waals surface area contributed by atoms with E-state index in [1.807, 2.05) is 12.1 Å². The van der Waals surface area contributed by atoms with Gasteiger partial charge in [0.25, 0.3) is 0 Å². The van der Waals surface area contributed by atoms with Crippen molar-refractivity contribution in [2.75, 3.05) is 0 Å². The van der Waals surface area contributed by atoms with Gasteiger partial charge in [0.15, 0.2) is 0 Å². The molecule has 0 amide bonds. The van der Waals surface area contributed by atoms with Crippen LogP contribution >= 0.6 is 38.9 Å². The maximum atomic E-state index is 6.06. The first-order valence-electron chi connectivity index (χ1n) is 5.08. The van der Waals surface area contributed by atoms with Crippen molar-refractivity contribution < 1.29 is 0 Å². The van der Waals surface area contributed by atoms with Gasteiger partial charge in [-0.3, -0.25) is 0 Å². The van der Waals surface area contributed by atoms with Crippen molar-refractivity contribution in [3.63, 3.8) is 0 Å². The third-order valence-corrected chi connectivity index (χ3v) is 4.36. The quantitative estimate of drug-likeness (QED) is 0.666. The van der Waals surface area contributed by atoms with Crippen LogP contribution in [0.15, 0.2) is 35.7 Å². The Bertz CT molecular complexity index is 445. The summed E-state index contributed by atoms with van der Waals surface area (Å²) in [5.74, 6) is 0. The van der Waals surface area contributed by atoms with Crippen molar-refractivity contribution in [1.82, 2.24) is 0 Å². The third-order valence-electron chi connectivity index (χ3n) is 2.39. The van der Waals surface area contributed by atoms with Crippen LogP contribution in [-0.2, 0) is 6.42 Å². The smallest absolute Gasteiger partial charge is 0.0444 e. The van der Waals surface area contributed by atoms with Crippen LogP contribution in [0.3, 0.4) is 0 Å². The molecule has 0 radical (unpaired) electrons. The van der Waals surface area contributed by atoms with Crippen molar-refractivity contribution in [2.45, 2.75) is 18.2 Å². The van der Waals surface area contributed by atoms with E-state index in [2.05, 4.69) is 46.4 Å². The molecule has 0 fully saturated rings. The minimum Gasteiger partial charge on any atom is -0.149 e. The van der Waals surface area contributed by atoms with Gasteiger partial charge in [-0.1, -0.05) is 39.7 Å². The second-order valence-corrected chi connectivity index (χ2v) is 6.39. The summed E-state index contributed by atoms with van der Waals surface area (Å²) in [7, 11) is 0. The molecule has 0 saturated carbocycles. The zero-order valence-corrected chi connectivity index (χ0v) is 12.1. The molecule has 0 nitrogen and oxygen atoms in total. The Balaban J connectivity index is 2.17. The fourth-order valence-corrected chi connectivity index (χ4v) is 3.55. The van der Waals surface area contributed by atoms with E-state index >= 15 is 0 Å². The predicted molar refractivity (Wildman–Crippen MR) is 75.9 cm³/mol. The van der Waals surface area contributed by atoms with Gasteiger partial charge in [-0.2, -0.15) is 0 Å². The molecule has 0 aliphatic rings. The summed E-state index contributed by atoms with van der Waals surface area (Å²) >= 11 is 11.6. The molecule has 0 N–H and O–H groups in total. The van der Waals surface area contributed by atoms with Crippen molar-refractivity contribution >= 4 is 38.9 Å². The molecule has 16 heavy (non-hydrogen) atoms. The second kappa shape index (κ2) is 5.35. The molecule has 0 bridgehead atoms. The lowest BCUT2D eigenvalue weighted by molar-refractivity contribution is 0.966. The summed E-state index contributed by atoms with van der Waals surface area (Å²) < 4.78 is 0. The van der Waals surface area contributed by atoms with E-state index in [1.54, 1.807) is 11.3 Å². The van der Waals surface area contributed by atoms with Crippen molar-refractivity contribution in [1.29, 1.82) is 0 Å². The highest BCUT2D eigenvalue weighted by Gasteiger charge is 2.10. The van der Waals surface area contributed by atoms with Crippen molar-refractivity contribution in [3.8, 4) is 0 Å². The Hall–Kier alpha value is -0.310. The highest BCUT2D eigenvalue weighted by molar-refractivity contribution is 9.09. The summed E-state index contributed by atoms with van der Waals surface area (Å²) in [5, 5.41) is 2.92. The molecule has 2 aromatic rings. The molecular formula is C13H12BrClS. The molecule has 1 unspecified atom stereocenters. The second-order valence-electron chi connectivity index (χ2n) is 3.81. The zero-order valence-electron chi connectivity index (χ0n) is 8.91. The van der Waals surface area contributed by atoms with E-state index in [4.69, 9.17) is 11.6 Å². The average molecular weight is 316 g/mol. The standard InChI is InChI=1S/C13H12BrClS/c1-9-5-10(7-11(15)6-9)13(14)8-12-3-2-4-16-12/h2-7,13H,8H2,1H3. The maximum Gasteiger partial charge on any atom is 0.0444 e. The van der Waals surface area contributed by atoms with Crippen molar-refractivity contribution in [3.05, 3.63) is 56.7 Å². The van der Waals surface area contributed by atoms with Crippen LogP contribution in [0.2, 0.25) is 5.02 Å². The molecule has 0 spiro atoms. The molecule has 0 aliphatic carbocycles. The Morgan fingerprint density at radius 1 is 1.38 bits per heavy atom. The molecule has 0 saturated heterocycles. The normalized spacial score (nSPS) is 12.7. The first kappa shape index (κ1) is 12.2. The minimum atomic E-state index is 0.337. The van der Waals surface area contributed by atoms with Crippen LogP contribution in [0.5, 0.6) is 0 Å². The number of hydrogen-bond donors (Lipinski definition) is 0. The Morgan fingerprint density at radius 3 is 2.81 bits per heavy atom. The number of benzene rings is 1. The molecule has 0 aliphatic heterocycles. The number of hydrogen-bond acceptors (Lipinski definition) is 1. The summed E-state index contributed by atoms with van der Waals surface area (Å²) in [5.41, 5.74) is 2.46. The van der Waals surface area contributed by atoms with Gasteiger partial charge in [-0.25, -0.2) is 0 Å². The Labute approximate surface area is 113 Å². The van der Waals surface area contributed by atoms with Gasteiger partial charge in [0.1, 0.15) is 0 Å². The highest BCUT2D eigenvalue weighted by atomic mass is 79.9. The van der Waals surface area contributed by atoms with E-state index in [9.17, 15) is 0 Å². The lowest BCUT2D eigenvalue weighted by Crippen LogP contribution is -1.94. The molecule has 1 aromatic carbocycles. The zero-order chi connectivity index (χ0) is 11.5. The SMILES string of the molecule is Cc1cc(Cl)cc(C(Br)Cc2cccs2)c1. The fourth-order valence-electron chi connectivity index (χ4n) is 1.67. The van der Waals surface area contributed by atoms with Crippen molar-refractivity contribution in [2.24, 2.45) is 0 Å². The van der Waals surface area contributed by atoms with Gasteiger partial charge >= 0.3 is 0 Å². The van der Waals surface area contributed by atoms with Crippen LogP contribution in [0, 0.1) is 6.92 Å². The summed E-state index contributed by atoms with van der Waals surface area (Å²) in [6, 6.07) is 10.4. The number of thiophene rings is 1. The number of alkyl halides is 1. The Morgan fingerprint density at radius 2 is 2.19 bits per heavy atom. The largest absolute Gasteiger partial charge is 0.149 e. The molecule has 3 heteroatoms. The summed E-state index contributed by atoms with van der Waals surface area (Å²) in [6.07, 6.45) is 1.01. The molecule has 1 heterocycles. The molecule has 1 aromatic heterocycles. The average Bonchev–Trinajstić information content (AvgIpc) is 2.68. The lowest BCUT2D eigenvalue weighted by atomic mass is 10.1. The molecular weight excluding hydrogens is 304 g/mol. The maximum absolute atomic E-state index is 6.06. The number of halogens is 2. The number of rotatable bonds is 3. The van der Waals surface area contributed by atoms with Crippen LogP contribution < -0.4 is 0 Å². The van der Waals surface area contributed by atoms with Gasteiger partial charge in [0.05, 0.1) is 0 Å². The molecule has 2 rings (SSSR count). The Kier molecular flexibility index (Phi) is 4.06. The molecule has 84 valence electrons. The minimum absolute atomic E-state index is 0.337. The van der Waals surface area contributed by atoms with Gasteiger partial charge in [-0.15, -0.1) is 11.3 Å². The van der Waals surface area contributed by atoms with Crippen LogP contribution in [-0.4, -0.2) is 0 Å². The van der Waals surface area contributed by atoms with Gasteiger partial charge in [-0.05, 0) is 48.1 Å². The van der Waals surface area contributed by atoms with Gasteiger partial charge < -0.3 is 0 Å². The predicted octanol–water partition coefficient (Wildman–Crippen LogP) is 5.39. The third kappa shape index (κ3) is 3.09. The lowest BCUT2D eigenvalue weighted by Gasteiger charge is -2.10. The summed E-state index contributed by atoms with van der Waals surface area (Å²) in [6.45, 7) is 2.07. The molecule has 1 atom stereocenters. The highest BCUT2D eigenvalue weighted by Crippen LogP contribution is 2.30. The monoisotopic (exact) mass is 314 g/mol. The van der Waals surface area contributed by atoms with E-state index in [-0.39, 0.29) is 0 Å².